The maximum absolute atomic E-state index is 3.85. The summed E-state index contributed by atoms with van der Waals surface area (Å²) in [5, 5.41) is 0. The first kappa shape index (κ1) is 13.0. The molecule has 0 N–H and O–H groups in total. The van der Waals surface area contributed by atoms with E-state index in [2.05, 4.69) is 53.5 Å². The molecule has 1 aromatic heterocycles. The highest BCUT2D eigenvalue weighted by atomic mass is 14.6. The maximum atomic E-state index is 3.85. The molecule has 0 unspecified atom stereocenters. The van der Waals surface area contributed by atoms with E-state index in [0.29, 0.717) is 0 Å². The van der Waals surface area contributed by atoms with Crippen LogP contribution in [-0.2, 0) is 0 Å². The second-order valence-electron chi connectivity index (χ2n) is 4.26. The first-order chi connectivity index (χ1) is 9.36. The Labute approximate surface area is 114 Å². The minimum Gasteiger partial charge on any atom is -0.265 e. The Morgan fingerprint density at radius 2 is 1.00 bits per heavy atom. The number of pyridine rings is 1. The molecule has 1 heteroatoms. The molecule has 0 saturated heterocycles. The average molecular weight is 247 g/mol. The number of nitrogens with zero attached hydrogens (tertiary/aromatic N) is 1. The van der Waals surface area contributed by atoms with E-state index >= 15 is 0 Å². The smallest absolute Gasteiger partial charge is 0.0270 e. The number of hydrogen-bond acceptors (Lipinski definition) is 1. The molecule has 0 aliphatic heterocycles. The molecule has 0 bridgehead atoms. The molecule has 3 rings (SSSR count). The number of hydrogen-bond donors (Lipinski definition) is 0. The van der Waals surface area contributed by atoms with Gasteiger partial charge < -0.3 is 0 Å². The van der Waals surface area contributed by atoms with Gasteiger partial charge in [-0.3, -0.25) is 4.98 Å². The van der Waals surface area contributed by atoms with E-state index in [-0.39, 0.29) is 0 Å². The zero-order valence-electron chi connectivity index (χ0n) is 11.0. The van der Waals surface area contributed by atoms with Crippen molar-refractivity contribution in [2.75, 3.05) is 0 Å². The van der Waals surface area contributed by atoms with E-state index in [4.69, 9.17) is 0 Å². The van der Waals surface area contributed by atoms with Crippen LogP contribution in [0.4, 0.5) is 0 Å². The van der Waals surface area contributed by atoms with Crippen LogP contribution in [0.5, 0.6) is 0 Å². The molecule has 0 fully saturated rings. The third-order valence-electron chi connectivity index (χ3n) is 2.73. The first-order valence-electron chi connectivity index (χ1n) is 6.33. The molecule has 0 aliphatic carbocycles. The molecule has 1 nitrogen and oxygen atoms in total. The van der Waals surface area contributed by atoms with Gasteiger partial charge in [0.2, 0.25) is 0 Å². The van der Waals surface area contributed by atoms with Gasteiger partial charge in [-0.1, -0.05) is 60.7 Å². The standard InChI is InChI=1S/C12H10.C6H7N/c1-3-7-11(8-4-1)12-9-5-2-6-10-12;1-6-2-4-7-5-3-6/h1-10H;2-5H,1H3. The van der Waals surface area contributed by atoms with Crippen molar-refractivity contribution in [1.29, 1.82) is 0 Å². The van der Waals surface area contributed by atoms with E-state index in [1.54, 1.807) is 12.4 Å². The SMILES string of the molecule is Cc1ccncc1.c1ccc(-c2ccccc2)cc1. The fraction of sp³-hybridized carbons (Fsp3) is 0.0556. The van der Waals surface area contributed by atoms with Crippen LogP contribution in [-0.4, -0.2) is 4.98 Å². The zero-order chi connectivity index (χ0) is 13.3. The predicted octanol–water partition coefficient (Wildman–Crippen LogP) is 4.74. The van der Waals surface area contributed by atoms with Gasteiger partial charge in [-0.2, -0.15) is 0 Å². The molecule has 0 spiro atoms. The first-order valence-corrected chi connectivity index (χ1v) is 6.33. The number of aryl methyl sites for hydroxylation is 1. The normalized spacial score (nSPS) is 9.32. The summed E-state index contributed by atoms with van der Waals surface area (Å²) in [4.78, 5) is 3.85. The molecule has 0 amide bonds. The summed E-state index contributed by atoms with van der Waals surface area (Å²) in [6.07, 6.45) is 3.57. The summed E-state index contributed by atoms with van der Waals surface area (Å²) < 4.78 is 0. The summed E-state index contributed by atoms with van der Waals surface area (Å²) in [5.74, 6) is 0. The van der Waals surface area contributed by atoms with E-state index in [9.17, 15) is 0 Å². The highest BCUT2D eigenvalue weighted by Gasteiger charge is 1.91. The van der Waals surface area contributed by atoms with Gasteiger partial charge in [0.15, 0.2) is 0 Å². The van der Waals surface area contributed by atoms with Crippen LogP contribution in [0, 0.1) is 6.92 Å². The fourth-order valence-electron chi connectivity index (χ4n) is 1.69. The quantitative estimate of drug-likeness (QED) is 0.605. The van der Waals surface area contributed by atoms with Crippen LogP contribution in [0.25, 0.3) is 11.1 Å². The van der Waals surface area contributed by atoms with Crippen LogP contribution in [0.1, 0.15) is 5.56 Å². The lowest BCUT2D eigenvalue weighted by molar-refractivity contribution is 1.29. The van der Waals surface area contributed by atoms with Crippen molar-refractivity contribution in [3.8, 4) is 11.1 Å². The number of aromatic nitrogens is 1. The van der Waals surface area contributed by atoms with Gasteiger partial charge in [0.05, 0.1) is 0 Å². The van der Waals surface area contributed by atoms with Crippen LogP contribution in [0.15, 0.2) is 85.2 Å². The van der Waals surface area contributed by atoms with E-state index < -0.39 is 0 Å². The monoisotopic (exact) mass is 247 g/mol. The van der Waals surface area contributed by atoms with Crippen molar-refractivity contribution in [2.45, 2.75) is 6.92 Å². The van der Waals surface area contributed by atoms with Gasteiger partial charge in [0.25, 0.3) is 0 Å². The summed E-state index contributed by atoms with van der Waals surface area (Å²) in [5.41, 5.74) is 3.81. The second kappa shape index (κ2) is 7.12. The third kappa shape index (κ3) is 4.40. The Hall–Kier alpha value is -2.41. The molecule has 0 atom stereocenters. The van der Waals surface area contributed by atoms with Crippen molar-refractivity contribution in [3.63, 3.8) is 0 Å². The lowest BCUT2D eigenvalue weighted by atomic mass is 10.1. The van der Waals surface area contributed by atoms with Gasteiger partial charge in [-0.25, -0.2) is 0 Å². The fourth-order valence-corrected chi connectivity index (χ4v) is 1.69. The van der Waals surface area contributed by atoms with Crippen molar-refractivity contribution in [2.24, 2.45) is 0 Å². The summed E-state index contributed by atoms with van der Waals surface area (Å²) in [7, 11) is 0. The largest absolute Gasteiger partial charge is 0.265 e. The van der Waals surface area contributed by atoms with Gasteiger partial charge in [0.1, 0.15) is 0 Å². The Bertz CT molecular complexity index is 536. The van der Waals surface area contributed by atoms with E-state index in [1.165, 1.54) is 16.7 Å². The number of benzene rings is 2. The molecule has 19 heavy (non-hydrogen) atoms. The average Bonchev–Trinajstić information content (AvgIpc) is 2.51. The Morgan fingerprint density at radius 3 is 1.32 bits per heavy atom. The van der Waals surface area contributed by atoms with Crippen LogP contribution >= 0.6 is 0 Å². The minimum absolute atomic E-state index is 1.26. The molecule has 94 valence electrons. The Kier molecular flexibility index (Phi) is 4.88. The molecule has 2 aromatic carbocycles. The molecular weight excluding hydrogens is 230 g/mol. The van der Waals surface area contributed by atoms with Gasteiger partial charge in [-0.05, 0) is 35.7 Å². The zero-order valence-corrected chi connectivity index (χ0v) is 11.0. The summed E-state index contributed by atoms with van der Waals surface area (Å²) in [6, 6.07) is 24.7. The molecular formula is C18H17N. The Balaban J connectivity index is 0.000000163. The van der Waals surface area contributed by atoms with E-state index in [0.717, 1.165) is 0 Å². The summed E-state index contributed by atoms with van der Waals surface area (Å²) in [6.45, 7) is 2.04. The highest BCUT2D eigenvalue weighted by molar-refractivity contribution is 5.62. The van der Waals surface area contributed by atoms with Crippen molar-refractivity contribution >= 4 is 0 Å². The predicted molar refractivity (Wildman–Crippen MR) is 80.9 cm³/mol. The Morgan fingerprint density at radius 1 is 0.579 bits per heavy atom. The molecule has 3 aromatic rings. The maximum Gasteiger partial charge on any atom is 0.0270 e. The highest BCUT2D eigenvalue weighted by Crippen LogP contribution is 2.17. The van der Waals surface area contributed by atoms with Crippen LogP contribution in [0.3, 0.4) is 0 Å². The van der Waals surface area contributed by atoms with Crippen molar-refractivity contribution in [1.82, 2.24) is 4.98 Å². The number of rotatable bonds is 1. The minimum atomic E-state index is 1.26. The molecule has 0 aliphatic rings. The van der Waals surface area contributed by atoms with Crippen molar-refractivity contribution in [3.05, 3.63) is 90.8 Å². The van der Waals surface area contributed by atoms with Crippen molar-refractivity contribution < 1.29 is 0 Å². The second-order valence-corrected chi connectivity index (χ2v) is 4.26. The third-order valence-corrected chi connectivity index (χ3v) is 2.73. The van der Waals surface area contributed by atoms with Gasteiger partial charge >= 0.3 is 0 Å². The molecule has 0 saturated carbocycles. The van der Waals surface area contributed by atoms with Gasteiger partial charge in [0, 0.05) is 12.4 Å². The topological polar surface area (TPSA) is 12.9 Å². The van der Waals surface area contributed by atoms with Crippen LogP contribution < -0.4 is 0 Å². The van der Waals surface area contributed by atoms with Gasteiger partial charge in [-0.15, -0.1) is 0 Å². The van der Waals surface area contributed by atoms with Crippen LogP contribution in [0.2, 0.25) is 0 Å². The summed E-state index contributed by atoms with van der Waals surface area (Å²) >= 11 is 0. The lowest BCUT2D eigenvalue weighted by Gasteiger charge is -1.98. The lowest BCUT2D eigenvalue weighted by Crippen LogP contribution is -1.73. The molecule has 1 heterocycles. The van der Waals surface area contributed by atoms with E-state index in [1.807, 2.05) is 31.2 Å². The molecule has 0 radical (unpaired) electrons.